The molecule has 1 heteroatoms. The van der Waals surface area contributed by atoms with E-state index in [0.717, 1.165) is 0 Å². The Morgan fingerprint density at radius 3 is 2.85 bits per heavy atom. The van der Waals surface area contributed by atoms with E-state index in [1.54, 1.807) is 0 Å². The normalized spacial score (nSPS) is 10.6. The fourth-order valence-corrected chi connectivity index (χ4v) is 1.69. The second-order valence-corrected chi connectivity index (χ2v) is 3.33. The Morgan fingerprint density at radius 1 is 1.38 bits per heavy atom. The van der Waals surface area contributed by atoms with Crippen molar-refractivity contribution in [3.63, 3.8) is 0 Å². The third kappa shape index (κ3) is 1.08. The minimum atomic E-state index is 1.21. The van der Waals surface area contributed by atoms with Gasteiger partial charge in [0.2, 0.25) is 0 Å². The largest absolute Gasteiger partial charge is 0.348 e. The van der Waals surface area contributed by atoms with E-state index in [9.17, 15) is 0 Å². The van der Waals surface area contributed by atoms with Gasteiger partial charge in [-0.1, -0.05) is 24.8 Å². The fourth-order valence-electron chi connectivity index (χ4n) is 1.69. The van der Waals surface area contributed by atoms with Crippen LogP contribution in [0.5, 0.6) is 0 Å². The number of nitrogens with zero attached hydrogens (tertiary/aromatic N) is 1. The van der Waals surface area contributed by atoms with E-state index < -0.39 is 0 Å². The third-order valence-corrected chi connectivity index (χ3v) is 2.58. The molecule has 1 heterocycles. The molecule has 0 radical (unpaired) electrons. The molecule has 1 aromatic carbocycles. The van der Waals surface area contributed by atoms with Crippen LogP contribution in [0, 0.1) is 6.92 Å². The zero-order valence-corrected chi connectivity index (χ0v) is 8.04. The average molecular weight is 171 g/mol. The number of hydrogen-bond donors (Lipinski definition) is 0. The van der Waals surface area contributed by atoms with E-state index in [0.29, 0.717) is 0 Å². The Bertz CT molecular complexity index is 463. The van der Waals surface area contributed by atoms with Gasteiger partial charge in [-0.3, -0.25) is 0 Å². The first-order chi connectivity index (χ1) is 6.24. The van der Waals surface area contributed by atoms with Crippen LogP contribution >= 0.6 is 0 Å². The van der Waals surface area contributed by atoms with Gasteiger partial charge in [0.1, 0.15) is 0 Å². The first-order valence-corrected chi connectivity index (χ1v) is 4.41. The van der Waals surface area contributed by atoms with Crippen LogP contribution in [0.2, 0.25) is 0 Å². The molecule has 0 unspecified atom stereocenters. The Morgan fingerprint density at radius 2 is 2.15 bits per heavy atom. The summed E-state index contributed by atoms with van der Waals surface area (Å²) in [4.78, 5) is 0. The summed E-state index contributed by atoms with van der Waals surface area (Å²) < 4.78 is 2.20. The van der Waals surface area contributed by atoms with Crippen LogP contribution in [0.1, 0.15) is 11.3 Å². The maximum Gasteiger partial charge on any atom is 0.0485 e. The molecular formula is C12H13N. The van der Waals surface area contributed by atoms with Crippen molar-refractivity contribution in [3.05, 3.63) is 42.1 Å². The Balaban J connectivity index is 2.92. The predicted octanol–water partition coefficient (Wildman–Crippen LogP) is 3.13. The lowest BCUT2D eigenvalue weighted by atomic mass is 10.1. The molecule has 0 aliphatic rings. The molecule has 0 aliphatic carbocycles. The van der Waals surface area contributed by atoms with Crippen LogP contribution in [0.3, 0.4) is 0 Å². The lowest BCUT2D eigenvalue weighted by Gasteiger charge is -1.99. The smallest absolute Gasteiger partial charge is 0.0485 e. The van der Waals surface area contributed by atoms with Crippen LogP contribution in [0.25, 0.3) is 17.0 Å². The van der Waals surface area contributed by atoms with Gasteiger partial charge in [-0.2, -0.15) is 0 Å². The van der Waals surface area contributed by atoms with Crippen LogP contribution in [0.4, 0.5) is 0 Å². The highest BCUT2D eigenvalue weighted by Crippen LogP contribution is 2.22. The average Bonchev–Trinajstić information content (AvgIpc) is 2.43. The predicted molar refractivity (Wildman–Crippen MR) is 57.7 cm³/mol. The van der Waals surface area contributed by atoms with Crippen molar-refractivity contribution in [2.45, 2.75) is 6.92 Å². The topological polar surface area (TPSA) is 4.93 Å². The second-order valence-electron chi connectivity index (χ2n) is 3.33. The zero-order valence-electron chi connectivity index (χ0n) is 8.04. The third-order valence-electron chi connectivity index (χ3n) is 2.58. The van der Waals surface area contributed by atoms with E-state index in [2.05, 4.69) is 49.4 Å². The highest BCUT2D eigenvalue weighted by molar-refractivity contribution is 5.89. The number of hydrogen-bond acceptors (Lipinski definition) is 0. The summed E-state index contributed by atoms with van der Waals surface area (Å²) in [5, 5.41) is 1.29. The Hall–Kier alpha value is -1.50. The summed E-state index contributed by atoms with van der Waals surface area (Å²) in [7, 11) is 2.09. The Kier molecular flexibility index (Phi) is 1.73. The van der Waals surface area contributed by atoms with Gasteiger partial charge in [0, 0.05) is 23.6 Å². The SMILES string of the molecule is C=Cc1cccc2c1cc(C)n2C. The van der Waals surface area contributed by atoms with Crippen LogP contribution in [-0.4, -0.2) is 4.57 Å². The second kappa shape index (κ2) is 2.77. The van der Waals surface area contributed by atoms with Crippen molar-refractivity contribution in [2.24, 2.45) is 7.05 Å². The summed E-state index contributed by atoms with van der Waals surface area (Å²) in [6.45, 7) is 5.93. The van der Waals surface area contributed by atoms with Crippen molar-refractivity contribution in [2.75, 3.05) is 0 Å². The molecular weight excluding hydrogens is 158 g/mol. The molecule has 0 spiro atoms. The minimum absolute atomic E-state index is 1.21. The maximum absolute atomic E-state index is 3.81. The molecule has 13 heavy (non-hydrogen) atoms. The van der Waals surface area contributed by atoms with Crippen molar-refractivity contribution in [3.8, 4) is 0 Å². The molecule has 1 nitrogen and oxygen atoms in total. The van der Waals surface area contributed by atoms with Gasteiger partial charge in [0.25, 0.3) is 0 Å². The molecule has 0 atom stereocenters. The van der Waals surface area contributed by atoms with E-state index in [1.807, 2.05) is 6.08 Å². The molecule has 0 amide bonds. The maximum atomic E-state index is 3.81. The fraction of sp³-hybridized carbons (Fsp3) is 0.167. The van der Waals surface area contributed by atoms with Gasteiger partial charge in [-0.15, -0.1) is 0 Å². The lowest BCUT2D eigenvalue weighted by molar-refractivity contribution is 0.918. The van der Waals surface area contributed by atoms with E-state index in [1.165, 1.54) is 22.2 Å². The van der Waals surface area contributed by atoms with Gasteiger partial charge in [-0.05, 0) is 24.6 Å². The van der Waals surface area contributed by atoms with Gasteiger partial charge in [0.05, 0.1) is 0 Å². The van der Waals surface area contributed by atoms with Crippen molar-refractivity contribution in [1.29, 1.82) is 0 Å². The zero-order chi connectivity index (χ0) is 9.42. The van der Waals surface area contributed by atoms with Gasteiger partial charge < -0.3 is 4.57 Å². The van der Waals surface area contributed by atoms with E-state index >= 15 is 0 Å². The first-order valence-electron chi connectivity index (χ1n) is 4.41. The summed E-state index contributed by atoms with van der Waals surface area (Å²) in [6, 6.07) is 8.50. The minimum Gasteiger partial charge on any atom is -0.348 e. The number of benzene rings is 1. The number of aromatic nitrogens is 1. The molecule has 2 rings (SSSR count). The highest BCUT2D eigenvalue weighted by Gasteiger charge is 2.03. The molecule has 0 bridgehead atoms. The highest BCUT2D eigenvalue weighted by atomic mass is 14.9. The molecule has 0 aliphatic heterocycles. The van der Waals surface area contributed by atoms with E-state index in [-0.39, 0.29) is 0 Å². The van der Waals surface area contributed by atoms with Crippen molar-refractivity contribution < 1.29 is 0 Å². The quantitative estimate of drug-likeness (QED) is 0.621. The monoisotopic (exact) mass is 171 g/mol. The summed E-state index contributed by atoms with van der Waals surface area (Å²) in [5.41, 5.74) is 3.76. The van der Waals surface area contributed by atoms with Gasteiger partial charge >= 0.3 is 0 Å². The van der Waals surface area contributed by atoms with Crippen LogP contribution in [-0.2, 0) is 7.05 Å². The molecule has 2 aromatic rings. The van der Waals surface area contributed by atoms with Gasteiger partial charge in [0.15, 0.2) is 0 Å². The molecule has 66 valence electrons. The number of rotatable bonds is 1. The van der Waals surface area contributed by atoms with Crippen LogP contribution in [0.15, 0.2) is 30.8 Å². The standard InChI is InChI=1S/C12H13N/c1-4-10-6-5-7-12-11(10)8-9(2)13(12)3/h4-8H,1H2,2-3H3. The molecule has 0 saturated heterocycles. The van der Waals surface area contributed by atoms with Crippen LogP contribution < -0.4 is 0 Å². The first kappa shape index (κ1) is 8.11. The molecule has 0 N–H and O–H groups in total. The summed E-state index contributed by atoms with van der Waals surface area (Å²) in [5.74, 6) is 0. The summed E-state index contributed by atoms with van der Waals surface area (Å²) in [6.07, 6.45) is 1.90. The number of fused-ring (bicyclic) bond motifs is 1. The van der Waals surface area contributed by atoms with Crippen molar-refractivity contribution >= 4 is 17.0 Å². The molecule has 0 saturated carbocycles. The van der Waals surface area contributed by atoms with Gasteiger partial charge in [-0.25, -0.2) is 0 Å². The van der Waals surface area contributed by atoms with E-state index in [4.69, 9.17) is 0 Å². The van der Waals surface area contributed by atoms with Crippen molar-refractivity contribution in [1.82, 2.24) is 4.57 Å². The Labute approximate surface area is 78.3 Å². The molecule has 0 fully saturated rings. The lowest BCUT2D eigenvalue weighted by Crippen LogP contribution is -1.88. The molecule has 1 aromatic heterocycles. The number of aryl methyl sites for hydroxylation is 2. The summed E-state index contributed by atoms with van der Waals surface area (Å²) >= 11 is 0.